The van der Waals surface area contributed by atoms with E-state index >= 15 is 0 Å². The number of aromatic amines is 2. The van der Waals surface area contributed by atoms with Gasteiger partial charge in [-0.15, -0.1) is 0 Å². The van der Waals surface area contributed by atoms with Crippen LogP contribution < -0.4 is 4.90 Å². The van der Waals surface area contributed by atoms with Crippen LogP contribution in [0.1, 0.15) is 15.9 Å². The van der Waals surface area contributed by atoms with Crippen molar-refractivity contribution in [3.8, 4) is 11.4 Å². The van der Waals surface area contributed by atoms with E-state index in [1.807, 2.05) is 62.8 Å². The molecule has 5 heteroatoms. The molecule has 0 atom stereocenters. The summed E-state index contributed by atoms with van der Waals surface area (Å²) < 4.78 is 0. The van der Waals surface area contributed by atoms with Gasteiger partial charge >= 0.3 is 0 Å². The lowest BCUT2D eigenvalue weighted by Gasteiger charge is -2.11. The molecule has 0 saturated heterocycles. The van der Waals surface area contributed by atoms with E-state index in [0.717, 1.165) is 50.1 Å². The summed E-state index contributed by atoms with van der Waals surface area (Å²) in [5.41, 5.74) is 6.76. The number of aromatic nitrogens is 3. The van der Waals surface area contributed by atoms with E-state index in [2.05, 4.69) is 39.1 Å². The van der Waals surface area contributed by atoms with Gasteiger partial charge in [-0.1, -0.05) is 6.07 Å². The molecule has 0 fully saturated rings. The second-order valence-electron chi connectivity index (χ2n) is 7.76. The first-order valence-corrected chi connectivity index (χ1v) is 9.93. The molecular formula is C25H22N4O. The molecule has 3 aromatic carbocycles. The molecule has 5 aromatic rings. The van der Waals surface area contributed by atoms with Crippen LogP contribution in [-0.2, 0) is 6.42 Å². The number of benzene rings is 3. The summed E-state index contributed by atoms with van der Waals surface area (Å²) in [4.78, 5) is 26.1. The number of Topliss-reactive ketones (excluding diaryl/α,β-unsaturated/α-hetero) is 1. The standard InChI is InChI=1S/C25H22N4O/c1-29(2)20-7-4-17(5-8-20)25-27-22-9-3-16(13-23(22)28-25)14-24(30)19-6-10-21-18(15-19)11-12-26-21/h3-13,15,26H,14H2,1-2H3,(H,27,28). The van der Waals surface area contributed by atoms with Gasteiger partial charge in [0.2, 0.25) is 0 Å². The molecule has 0 aliphatic rings. The number of hydrogen-bond donors (Lipinski definition) is 2. The predicted molar refractivity (Wildman–Crippen MR) is 122 cm³/mol. The van der Waals surface area contributed by atoms with E-state index in [1.54, 1.807) is 0 Å². The molecule has 2 aromatic heterocycles. The Hall–Kier alpha value is -3.86. The smallest absolute Gasteiger partial charge is 0.167 e. The number of nitrogens with one attached hydrogen (secondary N) is 2. The first-order valence-electron chi connectivity index (χ1n) is 9.93. The van der Waals surface area contributed by atoms with Crippen molar-refractivity contribution in [2.75, 3.05) is 19.0 Å². The van der Waals surface area contributed by atoms with Crippen molar-refractivity contribution in [3.63, 3.8) is 0 Å². The van der Waals surface area contributed by atoms with Gasteiger partial charge in [0, 0.05) is 54.4 Å². The third-order valence-electron chi connectivity index (χ3n) is 5.44. The lowest BCUT2D eigenvalue weighted by Crippen LogP contribution is -2.07. The largest absolute Gasteiger partial charge is 0.378 e. The Bertz CT molecular complexity index is 1360. The quantitative estimate of drug-likeness (QED) is 0.403. The van der Waals surface area contributed by atoms with Gasteiger partial charge in [0.15, 0.2) is 5.78 Å². The summed E-state index contributed by atoms with van der Waals surface area (Å²) in [5, 5.41) is 1.05. The highest BCUT2D eigenvalue weighted by atomic mass is 16.1. The molecule has 5 rings (SSSR count). The van der Waals surface area contributed by atoms with Gasteiger partial charge in [0.05, 0.1) is 11.0 Å². The van der Waals surface area contributed by atoms with E-state index in [-0.39, 0.29) is 5.78 Å². The normalized spacial score (nSPS) is 11.3. The number of ketones is 1. The van der Waals surface area contributed by atoms with Crippen molar-refractivity contribution >= 4 is 33.4 Å². The molecule has 0 amide bonds. The Kier molecular flexibility index (Phi) is 4.36. The van der Waals surface area contributed by atoms with Crippen LogP contribution in [-0.4, -0.2) is 34.8 Å². The average molecular weight is 394 g/mol. The Morgan fingerprint density at radius 3 is 2.57 bits per heavy atom. The lowest BCUT2D eigenvalue weighted by molar-refractivity contribution is 0.0993. The minimum Gasteiger partial charge on any atom is -0.378 e. The maximum Gasteiger partial charge on any atom is 0.167 e. The molecule has 0 bridgehead atoms. The number of hydrogen-bond acceptors (Lipinski definition) is 3. The molecule has 0 saturated carbocycles. The summed E-state index contributed by atoms with van der Waals surface area (Å²) in [6, 6.07) is 22.0. The summed E-state index contributed by atoms with van der Waals surface area (Å²) in [5.74, 6) is 0.938. The van der Waals surface area contributed by atoms with E-state index in [0.29, 0.717) is 6.42 Å². The van der Waals surface area contributed by atoms with E-state index < -0.39 is 0 Å². The van der Waals surface area contributed by atoms with Gasteiger partial charge in [-0.3, -0.25) is 4.79 Å². The molecular weight excluding hydrogens is 372 g/mol. The van der Waals surface area contributed by atoms with Gasteiger partial charge in [-0.2, -0.15) is 0 Å². The topological polar surface area (TPSA) is 64.8 Å². The van der Waals surface area contributed by atoms with Crippen LogP contribution in [0.15, 0.2) is 72.9 Å². The highest BCUT2D eigenvalue weighted by Crippen LogP contribution is 2.24. The average Bonchev–Trinajstić information content (AvgIpc) is 3.39. The summed E-state index contributed by atoms with van der Waals surface area (Å²) in [6.45, 7) is 0. The van der Waals surface area contributed by atoms with Crippen molar-refractivity contribution in [2.45, 2.75) is 6.42 Å². The molecule has 2 N–H and O–H groups in total. The van der Waals surface area contributed by atoms with Crippen LogP contribution in [0.2, 0.25) is 0 Å². The van der Waals surface area contributed by atoms with Crippen LogP contribution in [0.3, 0.4) is 0 Å². The van der Waals surface area contributed by atoms with Gasteiger partial charge in [0.1, 0.15) is 5.82 Å². The van der Waals surface area contributed by atoms with Crippen LogP contribution in [0, 0.1) is 0 Å². The summed E-state index contributed by atoms with van der Waals surface area (Å²) in [6.07, 6.45) is 2.24. The predicted octanol–water partition coefficient (Wildman–Crippen LogP) is 5.20. The van der Waals surface area contributed by atoms with E-state index in [1.165, 1.54) is 0 Å². The fourth-order valence-electron chi connectivity index (χ4n) is 3.74. The zero-order valence-corrected chi connectivity index (χ0v) is 16.9. The second-order valence-corrected chi connectivity index (χ2v) is 7.76. The summed E-state index contributed by atoms with van der Waals surface area (Å²) in [7, 11) is 4.05. The number of H-pyrrole nitrogens is 2. The summed E-state index contributed by atoms with van der Waals surface area (Å²) >= 11 is 0. The van der Waals surface area contributed by atoms with Crippen molar-refractivity contribution in [1.82, 2.24) is 15.0 Å². The number of imidazole rings is 1. The molecule has 148 valence electrons. The maximum absolute atomic E-state index is 12.8. The Morgan fingerprint density at radius 1 is 0.933 bits per heavy atom. The number of nitrogens with zero attached hydrogens (tertiary/aromatic N) is 2. The highest BCUT2D eigenvalue weighted by molar-refractivity contribution is 6.01. The van der Waals surface area contributed by atoms with Crippen LogP contribution >= 0.6 is 0 Å². The minimum atomic E-state index is 0.108. The first-order chi connectivity index (χ1) is 14.6. The van der Waals surface area contributed by atoms with Crippen molar-refractivity contribution in [2.24, 2.45) is 0 Å². The SMILES string of the molecule is CN(C)c1ccc(-c2nc3ccc(CC(=O)c4ccc5[nH]ccc5c4)cc3[nH]2)cc1. The highest BCUT2D eigenvalue weighted by Gasteiger charge is 2.11. The number of fused-ring (bicyclic) bond motifs is 2. The molecule has 30 heavy (non-hydrogen) atoms. The molecule has 0 radical (unpaired) electrons. The van der Waals surface area contributed by atoms with Crippen molar-refractivity contribution in [1.29, 1.82) is 0 Å². The minimum absolute atomic E-state index is 0.108. The second kappa shape index (κ2) is 7.19. The zero-order chi connectivity index (χ0) is 20.7. The Morgan fingerprint density at radius 2 is 1.77 bits per heavy atom. The van der Waals surface area contributed by atoms with Crippen LogP contribution in [0.4, 0.5) is 5.69 Å². The Labute approximate surface area is 174 Å². The van der Waals surface area contributed by atoms with E-state index in [9.17, 15) is 4.79 Å². The van der Waals surface area contributed by atoms with Gasteiger partial charge in [-0.05, 0) is 66.2 Å². The fourth-order valence-corrected chi connectivity index (χ4v) is 3.74. The number of rotatable bonds is 5. The molecule has 2 heterocycles. The lowest BCUT2D eigenvalue weighted by atomic mass is 10.0. The number of anilines is 1. The van der Waals surface area contributed by atoms with Gasteiger partial charge in [0.25, 0.3) is 0 Å². The first kappa shape index (κ1) is 18.2. The van der Waals surface area contributed by atoms with Crippen molar-refractivity contribution < 1.29 is 4.79 Å². The molecule has 0 aliphatic carbocycles. The third-order valence-corrected chi connectivity index (χ3v) is 5.44. The molecule has 5 nitrogen and oxygen atoms in total. The van der Waals surface area contributed by atoms with Gasteiger partial charge < -0.3 is 14.9 Å². The van der Waals surface area contributed by atoms with Gasteiger partial charge in [-0.25, -0.2) is 4.98 Å². The molecule has 0 aliphatic heterocycles. The maximum atomic E-state index is 12.8. The Balaban J connectivity index is 1.39. The zero-order valence-electron chi connectivity index (χ0n) is 16.9. The molecule has 0 spiro atoms. The molecule has 0 unspecified atom stereocenters. The van der Waals surface area contributed by atoms with E-state index in [4.69, 9.17) is 4.98 Å². The van der Waals surface area contributed by atoms with Crippen molar-refractivity contribution in [3.05, 3.63) is 84.1 Å². The number of carbonyl (C=O) groups is 1. The van der Waals surface area contributed by atoms with Crippen LogP contribution in [0.25, 0.3) is 33.3 Å². The van der Waals surface area contributed by atoms with Crippen LogP contribution in [0.5, 0.6) is 0 Å². The third kappa shape index (κ3) is 3.35. The monoisotopic (exact) mass is 394 g/mol. The fraction of sp³-hybridized carbons (Fsp3) is 0.120. The number of carbonyl (C=O) groups excluding carboxylic acids is 1.